The third kappa shape index (κ3) is 7.91. The third-order valence-electron chi connectivity index (χ3n) is 4.36. The standard InChI is InChI=1S/C24H28N2O4/c1-17(2)21-11-9-19(10-12-21)13-14-25-23(28)16-30-24(29)22(26-18(3)27)15-20-7-5-4-6-8-20/h4-12,15,17H,13-14,16H2,1-3H3,(H,25,28)(H,26,27)/b22-15-. The van der Waals surface area contributed by atoms with Gasteiger partial charge in [-0.1, -0.05) is 68.4 Å². The van der Waals surface area contributed by atoms with E-state index in [1.54, 1.807) is 12.1 Å². The van der Waals surface area contributed by atoms with Crippen molar-refractivity contribution in [1.82, 2.24) is 10.6 Å². The van der Waals surface area contributed by atoms with Gasteiger partial charge < -0.3 is 15.4 Å². The van der Waals surface area contributed by atoms with Gasteiger partial charge in [0, 0.05) is 13.5 Å². The molecule has 2 aromatic carbocycles. The van der Waals surface area contributed by atoms with Crippen LogP contribution in [0.15, 0.2) is 60.3 Å². The summed E-state index contributed by atoms with van der Waals surface area (Å²) >= 11 is 0. The summed E-state index contributed by atoms with van der Waals surface area (Å²) in [5.41, 5.74) is 3.10. The number of ether oxygens (including phenoxy) is 1. The fourth-order valence-corrected chi connectivity index (χ4v) is 2.73. The number of benzene rings is 2. The predicted octanol–water partition coefficient (Wildman–Crippen LogP) is 3.19. The van der Waals surface area contributed by atoms with Crippen LogP contribution in [0.1, 0.15) is 43.4 Å². The number of hydrogen-bond donors (Lipinski definition) is 2. The molecule has 2 rings (SSSR count). The lowest BCUT2D eigenvalue weighted by Crippen LogP contribution is -2.32. The normalized spacial score (nSPS) is 11.1. The summed E-state index contributed by atoms with van der Waals surface area (Å²) in [7, 11) is 0. The van der Waals surface area contributed by atoms with Gasteiger partial charge in [-0.3, -0.25) is 9.59 Å². The Balaban J connectivity index is 1.82. The molecule has 2 N–H and O–H groups in total. The Morgan fingerprint density at radius 1 is 1.00 bits per heavy atom. The fraction of sp³-hybridized carbons (Fsp3) is 0.292. The van der Waals surface area contributed by atoms with E-state index >= 15 is 0 Å². The number of carbonyl (C=O) groups excluding carboxylic acids is 3. The van der Waals surface area contributed by atoms with Crippen molar-refractivity contribution in [3.63, 3.8) is 0 Å². The maximum absolute atomic E-state index is 12.3. The van der Waals surface area contributed by atoms with Crippen LogP contribution in [0.25, 0.3) is 6.08 Å². The van der Waals surface area contributed by atoms with Crippen molar-refractivity contribution in [3.05, 3.63) is 77.0 Å². The molecule has 0 aliphatic heterocycles. The van der Waals surface area contributed by atoms with Gasteiger partial charge in [0.25, 0.3) is 5.91 Å². The minimum Gasteiger partial charge on any atom is -0.451 e. The van der Waals surface area contributed by atoms with Gasteiger partial charge in [-0.15, -0.1) is 0 Å². The summed E-state index contributed by atoms with van der Waals surface area (Å²) < 4.78 is 5.05. The smallest absolute Gasteiger partial charge is 0.355 e. The highest BCUT2D eigenvalue weighted by Gasteiger charge is 2.14. The van der Waals surface area contributed by atoms with Crippen molar-refractivity contribution in [1.29, 1.82) is 0 Å². The highest BCUT2D eigenvalue weighted by atomic mass is 16.5. The lowest BCUT2D eigenvalue weighted by atomic mass is 10.0. The van der Waals surface area contributed by atoms with E-state index < -0.39 is 24.4 Å². The molecule has 0 saturated heterocycles. The Hall–Kier alpha value is -3.41. The molecule has 6 heteroatoms. The maximum Gasteiger partial charge on any atom is 0.355 e. The van der Waals surface area contributed by atoms with Crippen LogP contribution < -0.4 is 10.6 Å². The third-order valence-corrected chi connectivity index (χ3v) is 4.36. The molecule has 0 fully saturated rings. The molecule has 0 heterocycles. The number of rotatable bonds is 9. The molecular formula is C24H28N2O4. The van der Waals surface area contributed by atoms with Crippen LogP contribution in [0, 0.1) is 0 Å². The molecule has 0 saturated carbocycles. The molecule has 0 aliphatic carbocycles. The van der Waals surface area contributed by atoms with Crippen molar-refractivity contribution in [2.24, 2.45) is 0 Å². The van der Waals surface area contributed by atoms with E-state index in [0.717, 1.165) is 11.1 Å². The zero-order valence-corrected chi connectivity index (χ0v) is 17.6. The molecule has 6 nitrogen and oxygen atoms in total. The summed E-state index contributed by atoms with van der Waals surface area (Å²) in [5.74, 6) is -1.09. The molecule has 0 spiro atoms. The molecule has 2 aromatic rings. The van der Waals surface area contributed by atoms with E-state index in [1.165, 1.54) is 18.6 Å². The Labute approximate surface area is 177 Å². The van der Waals surface area contributed by atoms with Crippen molar-refractivity contribution < 1.29 is 19.1 Å². The van der Waals surface area contributed by atoms with Crippen LogP contribution in [0.2, 0.25) is 0 Å². The Bertz CT molecular complexity index is 887. The fourth-order valence-electron chi connectivity index (χ4n) is 2.73. The lowest BCUT2D eigenvalue weighted by molar-refractivity contribution is -0.145. The summed E-state index contributed by atoms with van der Waals surface area (Å²) in [5, 5.41) is 5.18. The largest absolute Gasteiger partial charge is 0.451 e. The molecule has 0 aliphatic rings. The molecule has 0 radical (unpaired) electrons. The van der Waals surface area contributed by atoms with Gasteiger partial charge in [0.1, 0.15) is 5.70 Å². The van der Waals surface area contributed by atoms with E-state index in [4.69, 9.17) is 4.74 Å². The van der Waals surface area contributed by atoms with Crippen LogP contribution in [-0.4, -0.2) is 30.9 Å². The Morgan fingerprint density at radius 2 is 1.67 bits per heavy atom. The summed E-state index contributed by atoms with van der Waals surface area (Å²) in [4.78, 5) is 35.7. The second-order valence-electron chi connectivity index (χ2n) is 7.22. The van der Waals surface area contributed by atoms with Gasteiger partial charge in [0.15, 0.2) is 6.61 Å². The second kappa shape index (κ2) is 11.6. The number of carbonyl (C=O) groups is 3. The first-order valence-electron chi connectivity index (χ1n) is 9.92. The molecule has 30 heavy (non-hydrogen) atoms. The zero-order valence-electron chi connectivity index (χ0n) is 17.6. The molecular weight excluding hydrogens is 380 g/mol. The van der Waals surface area contributed by atoms with Gasteiger partial charge in [0.05, 0.1) is 0 Å². The number of nitrogens with one attached hydrogen (secondary N) is 2. The zero-order chi connectivity index (χ0) is 21.9. The van der Waals surface area contributed by atoms with E-state index in [0.29, 0.717) is 18.9 Å². The minimum absolute atomic E-state index is 0.0215. The predicted molar refractivity (Wildman–Crippen MR) is 116 cm³/mol. The first-order chi connectivity index (χ1) is 14.3. The number of hydrogen-bond acceptors (Lipinski definition) is 4. The Morgan fingerprint density at radius 3 is 2.27 bits per heavy atom. The average Bonchev–Trinajstić information content (AvgIpc) is 2.72. The minimum atomic E-state index is -0.770. The van der Waals surface area contributed by atoms with E-state index in [1.807, 2.05) is 18.2 Å². The molecule has 0 atom stereocenters. The van der Waals surface area contributed by atoms with Crippen molar-refractivity contribution in [2.75, 3.05) is 13.2 Å². The topological polar surface area (TPSA) is 84.5 Å². The molecule has 2 amide bonds. The molecule has 0 unspecified atom stereocenters. The van der Waals surface area contributed by atoms with Crippen molar-refractivity contribution in [2.45, 2.75) is 33.1 Å². The van der Waals surface area contributed by atoms with E-state index in [9.17, 15) is 14.4 Å². The van der Waals surface area contributed by atoms with Gasteiger partial charge in [-0.25, -0.2) is 4.79 Å². The molecule has 0 aromatic heterocycles. The van der Waals surface area contributed by atoms with Crippen molar-refractivity contribution >= 4 is 23.9 Å². The first-order valence-corrected chi connectivity index (χ1v) is 9.92. The van der Waals surface area contributed by atoms with Crippen LogP contribution >= 0.6 is 0 Å². The van der Waals surface area contributed by atoms with Gasteiger partial charge >= 0.3 is 5.97 Å². The van der Waals surface area contributed by atoms with Crippen LogP contribution in [0.5, 0.6) is 0 Å². The SMILES string of the molecule is CC(=O)N/C(=C\c1ccccc1)C(=O)OCC(=O)NCCc1ccc(C(C)C)cc1. The summed E-state index contributed by atoms with van der Waals surface area (Å²) in [6.07, 6.45) is 2.19. The number of esters is 1. The van der Waals surface area contributed by atoms with Crippen molar-refractivity contribution in [3.8, 4) is 0 Å². The second-order valence-corrected chi connectivity index (χ2v) is 7.22. The van der Waals surface area contributed by atoms with Gasteiger partial charge in [-0.2, -0.15) is 0 Å². The van der Waals surface area contributed by atoms with Gasteiger partial charge in [-0.05, 0) is 35.1 Å². The van der Waals surface area contributed by atoms with E-state index in [2.05, 4.69) is 48.7 Å². The van der Waals surface area contributed by atoms with Crippen LogP contribution in [-0.2, 0) is 25.5 Å². The average molecular weight is 408 g/mol. The lowest BCUT2D eigenvalue weighted by Gasteiger charge is -2.10. The maximum atomic E-state index is 12.3. The highest BCUT2D eigenvalue weighted by molar-refractivity contribution is 5.98. The first kappa shape index (κ1) is 22.9. The van der Waals surface area contributed by atoms with Crippen LogP contribution in [0.3, 0.4) is 0 Å². The number of amides is 2. The Kier molecular flexibility index (Phi) is 8.81. The summed E-state index contributed by atoms with van der Waals surface area (Å²) in [6.45, 7) is 5.60. The monoisotopic (exact) mass is 408 g/mol. The highest BCUT2D eigenvalue weighted by Crippen LogP contribution is 2.14. The summed E-state index contributed by atoms with van der Waals surface area (Å²) in [6, 6.07) is 17.3. The van der Waals surface area contributed by atoms with Crippen LogP contribution in [0.4, 0.5) is 0 Å². The van der Waals surface area contributed by atoms with Gasteiger partial charge in [0.2, 0.25) is 5.91 Å². The quantitative estimate of drug-likeness (QED) is 0.493. The van der Waals surface area contributed by atoms with E-state index in [-0.39, 0.29) is 5.70 Å². The molecule has 0 bridgehead atoms. The molecule has 158 valence electrons.